The summed E-state index contributed by atoms with van der Waals surface area (Å²) in [7, 11) is 0. The average Bonchev–Trinajstić information content (AvgIpc) is 2.37. The lowest BCUT2D eigenvalue weighted by molar-refractivity contribution is -0.128. The van der Waals surface area contributed by atoms with Crippen molar-refractivity contribution in [3.63, 3.8) is 0 Å². The summed E-state index contributed by atoms with van der Waals surface area (Å²) < 4.78 is 5.50. The van der Waals surface area contributed by atoms with Crippen molar-refractivity contribution in [3.8, 4) is 0 Å². The van der Waals surface area contributed by atoms with Gasteiger partial charge in [-0.05, 0) is 19.3 Å². The van der Waals surface area contributed by atoms with E-state index in [1.54, 1.807) is 0 Å². The Labute approximate surface area is 113 Å². The predicted molar refractivity (Wildman–Crippen MR) is 77.9 cm³/mol. The molecule has 0 rings (SSSR count). The molecule has 0 saturated carbocycles. The van der Waals surface area contributed by atoms with E-state index in [4.69, 9.17) is 4.74 Å². The molecule has 2 heteroatoms. The second-order valence-corrected chi connectivity index (χ2v) is 5.21. The first-order valence-corrected chi connectivity index (χ1v) is 7.86. The van der Waals surface area contributed by atoms with Crippen molar-refractivity contribution >= 4 is 5.78 Å². The van der Waals surface area contributed by atoms with Gasteiger partial charge < -0.3 is 4.74 Å². The first kappa shape index (κ1) is 17.6. The molecule has 18 heavy (non-hydrogen) atoms. The lowest BCUT2D eigenvalue weighted by Crippen LogP contribution is -2.20. The molecule has 0 spiro atoms. The molecule has 0 aromatic rings. The topological polar surface area (TPSA) is 26.3 Å². The summed E-state index contributed by atoms with van der Waals surface area (Å²) in [5.74, 6) is 0.548. The maximum absolute atomic E-state index is 11.9. The van der Waals surface area contributed by atoms with Crippen molar-refractivity contribution in [3.05, 3.63) is 0 Å². The Morgan fingerprint density at radius 2 is 1.50 bits per heavy atom. The molecule has 0 saturated heterocycles. The molecular formula is C16H32O2. The maximum atomic E-state index is 11.9. The fourth-order valence-electron chi connectivity index (χ4n) is 2.26. The number of hydrogen-bond acceptors (Lipinski definition) is 2. The van der Waals surface area contributed by atoms with Crippen LogP contribution in [0.4, 0.5) is 0 Å². The fourth-order valence-corrected chi connectivity index (χ4v) is 2.26. The molecular weight excluding hydrogens is 224 g/mol. The summed E-state index contributed by atoms with van der Waals surface area (Å²) in [6.45, 7) is 7.59. The van der Waals surface area contributed by atoms with E-state index in [1.807, 2.05) is 0 Å². The van der Waals surface area contributed by atoms with Gasteiger partial charge in [0.25, 0.3) is 0 Å². The van der Waals surface area contributed by atoms with Crippen molar-refractivity contribution in [1.29, 1.82) is 0 Å². The number of carbonyl (C=O) groups excluding carboxylic acids is 1. The van der Waals surface area contributed by atoms with Gasteiger partial charge in [0.2, 0.25) is 0 Å². The number of hydrogen-bond donors (Lipinski definition) is 0. The lowest BCUT2D eigenvalue weighted by atomic mass is 9.94. The minimum Gasteiger partial charge on any atom is -0.374 e. The van der Waals surface area contributed by atoms with Crippen LogP contribution in [0.25, 0.3) is 0 Å². The molecule has 0 aliphatic carbocycles. The molecule has 0 N–H and O–H groups in total. The van der Waals surface area contributed by atoms with Crippen LogP contribution >= 0.6 is 0 Å². The number of ether oxygens (including phenoxy) is 1. The van der Waals surface area contributed by atoms with Crippen LogP contribution in [-0.2, 0) is 9.53 Å². The van der Waals surface area contributed by atoms with Gasteiger partial charge in [0, 0.05) is 12.5 Å². The Balaban J connectivity index is 3.54. The second-order valence-electron chi connectivity index (χ2n) is 5.21. The van der Waals surface area contributed by atoms with Crippen molar-refractivity contribution in [2.75, 3.05) is 13.2 Å². The normalized spacial score (nSPS) is 11.1. The molecule has 0 aliphatic rings. The summed E-state index contributed by atoms with van der Waals surface area (Å²) in [5, 5.41) is 0. The molecule has 0 aliphatic heterocycles. The van der Waals surface area contributed by atoms with Crippen LogP contribution in [0.3, 0.4) is 0 Å². The van der Waals surface area contributed by atoms with Crippen LogP contribution in [0, 0.1) is 5.92 Å². The number of Topliss-reactive ketones (excluding diaryl/α,β-unsaturated/α-hetero) is 1. The van der Waals surface area contributed by atoms with Crippen LogP contribution in [0.2, 0.25) is 0 Å². The van der Waals surface area contributed by atoms with E-state index in [9.17, 15) is 4.79 Å². The first-order chi connectivity index (χ1) is 8.76. The molecule has 0 bridgehead atoms. The minimum absolute atomic E-state index is 0.236. The molecule has 0 atom stereocenters. The van der Waals surface area contributed by atoms with E-state index in [1.165, 1.54) is 25.7 Å². The zero-order chi connectivity index (χ0) is 13.6. The van der Waals surface area contributed by atoms with Crippen molar-refractivity contribution in [2.24, 2.45) is 5.92 Å². The molecule has 0 radical (unpaired) electrons. The number of ketones is 1. The minimum atomic E-state index is 0.236. The zero-order valence-electron chi connectivity index (χ0n) is 12.7. The Morgan fingerprint density at radius 3 is 2.06 bits per heavy atom. The average molecular weight is 256 g/mol. The number of unbranched alkanes of at least 4 members (excludes halogenated alkanes) is 4. The Bertz CT molecular complexity index is 184. The Hall–Kier alpha value is -0.370. The van der Waals surface area contributed by atoms with E-state index in [2.05, 4.69) is 20.8 Å². The van der Waals surface area contributed by atoms with E-state index in [0.717, 1.165) is 38.7 Å². The zero-order valence-corrected chi connectivity index (χ0v) is 12.7. The van der Waals surface area contributed by atoms with Crippen molar-refractivity contribution in [1.82, 2.24) is 0 Å². The Kier molecular flexibility index (Phi) is 12.8. The van der Waals surface area contributed by atoms with Crippen molar-refractivity contribution in [2.45, 2.75) is 78.6 Å². The van der Waals surface area contributed by atoms with E-state index >= 15 is 0 Å². The van der Waals surface area contributed by atoms with Gasteiger partial charge in [-0.15, -0.1) is 0 Å². The van der Waals surface area contributed by atoms with Crippen LogP contribution in [0.15, 0.2) is 0 Å². The molecule has 0 aromatic heterocycles. The molecule has 0 fully saturated rings. The summed E-state index contributed by atoms with van der Waals surface area (Å²) in [6.07, 6.45) is 10.4. The lowest BCUT2D eigenvalue weighted by Gasteiger charge is -2.13. The monoisotopic (exact) mass is 256 g/mol. The van der Waals surface area contributed by atoms with E-state index in [0.29, 0.717) is 12.4 Å². The van der Waals surface area contributed by atoms with Gasteiger partial charge in [-0.1, -0.05) is 59.3 Å². The summed E-state index contributed by atoms with van der Waals surface area (Å²) >= 11 is 0. The van der Waals surface area contributed by atoms with Gasteiger partial charge in [-0.2, -0.15) is 0 Å². The van der Waals surface area contributed by atoms with E-state index < -0.39 is 0 Å². The molecule has 0 amide bonds. The fraction of sp³-hybridized carbons (Fsp3) is 0.938. The van der Waals surface area contributed by atoms with Gasteiger partial charge >= 0.3 is 0 Å². The van der Waals surface area contributed by atoms with Gasteiger partial charge in [0.15, 0.2) is 5.78 Å². The van der Waals surface area contributed by atoms with Gasteiger partial charge in [0.1, 0.15) is 6.61 Å². The summed E-state index contributed by atoms with van der Waals surface area (Å²) in [6, 6.07) is 0. The summed E-state index contributed by atoms with van der Waals surface area (Å²) in [4.78, 5) is 11.9. The van der Waals surface area contributed by atoms with Crippen LogP contribution in [-0.4, -0.2) is 19.0 Å². The third kappa shape index (κ3) is 9.64. The van der Waals surface area contributed by atoms with Crippen LogP contribution in [0.1, 0.15) is 78.6 Å². The van der Waals surface area contributed by atoms with Crippen molar-refractivity contribution < 1.29 is 9.53 Å². The van der Waals surface area contributed by atoms with Gasteiger partial charge in [-0.3, -0.25) is 4.79 Å². The molecule has 2 nitrogen and oxygen atoms in total. The number of carbonyl (C=O) groups is 1. The molecule has 0 aromatic carbocycles. The van der Waals surface area contributed by atoms with Gasteiger partial charge in [-0.25, -0.2) is 0 Å². The number of rotatable bonds is 13. The second kappa shape index (κ2) is 13.1. The quantitative estimate of drug-likeness (QED) is 0.444. The molecule has 0 heterocycles. The Morgan fingerprint density at radius 1 is 0.889 bits per heavy atom. The molecule has 0 unspecified atom stereocenters. The van der Waals surface area contributed by atoms with Crippen LogP contribution in [0.5, 0.6) is 0 Å². The highest BCUT2D eigenvalue weighted by Gasteiger charge is 2.16. The van der Waals surface area contributed by atoms with Crippen LogP contribution < -0.4 is 0 Å². The standard InChI is InChI=1S/C16H32O2/c1-4-7-8-9-10-13-18-14-16(17)15(11-5-2)12-6-3/h15H,4-14H2,1-3H3. The highest BCUT2D eigenvalue weighted by atomic mass is 16.5. The maximum Gasteiger partial charge on any atom is 0.161 e. The third-order valence-electron chi connectivity index (χ3n) is 3.37. The smallest absolute Gasteiger partial charge is 0.161 e. The third-order valence-corrected chi connectivity index (χ3v) is 3.37. The largest absolute Gasteiger partial charge is 0.374 e. The highest BCUT2D eigenvalue weighted by molar-refractivity contribution is 5.82. The molecule has 108 valence electrons. The van der Waals surface area contributed by atoms with E-state index in [-0.39, 0.29) is 5.92 Å². The SMILES string of the molecule is CCCCCCCOCC(=O)C(CCC)CCC. The predicted octanol–water partition coefficient (Wildman–Crippen LogP) is 4.76. The van der Waals surface area contributed by atoms with Gasteiger partial charge in [0.05, 0.1) is 0 Å². The first-order valence-electron chi connectivity index (χ1n) is 7.86. The highest BCUT2D eigenvalue weighted by Crippen LogP contribution is 2.14. The summed E-state index contributed by atoms with van der Waals surface area (Å²) in [5.41, 5.74) is 0.